The number of carbonyl (C=O) groups excluding carboxylic acids is 1. The molecular formula is C13H25N3O2. The van der Waals surface area contributed by atoms with Gasteiger partial charge in [-0.3, -0.25) is 15.4 Å². The van der Waals surface area contributed by atoms with Crippen LogP contribution in [-0.4, -0.2) is 43.8 Å². The van der Waals surface area contributed by atoms with Gasteiger partial charge in [-0.15, -0.1) is 0 Å². The van der Waals surface area contributed by atoms with Crippen LogP contribution in [0.2, 0.25) is 0 Å². The maximum absolute atomic E-state index is 12.4. The van der Waals surface area contributed by atoms with E-state index in [1.54, 1.807) is 6.92 Å². The summed E-state index contributed by atoms with van der Waals surface area (Å²) < 4.78 is 0. The smallest absolute Gasteiger partial charge is 0.166 e. The van der Waals surface area contributed by atoms with E-state index in [1.807, 2.05) is 21.1 Å². The molecule has 104 valence electrons. The van der Waals surface area contributed by atoms with E-state index in [2.05, 4.69) is 16.0 Å². The van der Waals surface area contributed by atoms with E-state index >= 15 is 0 Å². The van der Waals surface area contributed by atoms with Gasteiger partial charge in [0.15, 0.2) is 5.78 Å². The molecule has 0 radical (unpaired) electrons. The van der Waals surface area contributed by atoms with Crippen molar-refractivity contribution in [2.45, 2.75) is 44.4 Å². The van der Waals surface area contributed by atoms with Gasteiger partial charge in [0.1, 0.15) is 0 Å². The molecule has 4 N–H and O–H groups in total. The number of allylic oxidation sites excluding steroid dienone is 1. The number of ketones is 1. The summed E-state index contributed by atoms with van der Waals surface area (Å²) in [5.41, 5.74) is 1.22. The summed E-state index contributed by atoms with van der Waals surface area (Å²) in [5.74, 6) is -0.00208. The quantitative estimate of drug-likeness (QED) is 0.507. The van der Waals surface area contributed by atoms with Crippen LogP contribution in [0.15, 0.2) is 11.3 Å². The molecular weight excluding hydrogens is 230 g/mol. The Hall–Kier alpha value is -0.910. The van der Waals surface area contributed by atoms with Gasteiger partial charge in [-0.2, -0.15) is 0 Å². The Balaban J connectivity index is 3.16. The molecule has 1 rings (SSSR count). The molecule has 0 aliphatic heterocycles. The minimum Gasteiger partial charge on any atom is -0.393 e. The summed E-state index contributed by atoms with van der Waals surface area (Å²) in [5, 5.41) is 19.0. The molecule has 1 aliphatic rings. The molecule has 0 aromatic carbocycles. The van der Waals surface area contributed by atoms with Gasteiger partial charge in [0.2, 0.25) is 0 Å². The number of likely N-dealkylation sites (N-methyl/N-ethyl adjacent to an activating group) is 2. The van der Waals surface area contributed by atoms with Gasteiger partial charge in [0.25, 0.3) is 0 Å². The molecule has 0 amide bonds. The lowest BCUT2D eigenvalue weighted by Crippen LogP contribution is -2.59. The third-order valence-corrected chi connectivity index (χ3v) is 3.62. The largest absolute Gasteiger partial charge is 0.393 e. The van der Waals surface area contributed by atoms with Crippen molar-refractivity contribution >= 4 is 5.78 Å². The average molecular weight is 255 g/mol. The first kappa shape index (κ1) is 15.1. The topological polar surface area (TPSA) is 73.4 Å². The first-order valence-electron chi connectivity index (χ1n) is 6.51. The van der Waals surface area contributed by atoms with E-state index in [0.29, 0.717) is 0 Å². The maximum Gasteiger partial charge on any atom is 0.166 e. The van der Waals surface area contributed by atoms with Crippen molar-refractivity contribution in [3.05, 3.63) is 11.3 Å². The fraction of sp³-hybridized carbons (Fsp3) is 0.769. The molecule has 1 atom stereocenters. The second kappa shape index (κ2) is 6.31. The molecule has 18 heavy (non-hydrogen) atoms. The van der Waals surface area contributed by atoms with Crippen molar-refractivity contribution in [1.82, 2.24) is 16.0 Å². The number of hydrogen-bond donors (Lipinski definition) is 4. The number of nitrogens with one attached hydrogen (secondary N) is 3. The van der Waals surface area contributed by atoms with E-state index in [9.17, 15) is 9.90 Å². The van der Waals surface area contributed by atoms with Crippen LogP contribution < -0.4 is 16.0 Å². The standard InChI is InChI=1S/C13H25N3O2/c1-9(17)8-11(18)12-10(14-2)6-5-7-13(12,15-3)16-4/h9,14-17H,5-8H2,1-4H3. The fourth-order valence-electron chi connectivity index (χ4n) is 2.69. The van der Waals surface area contributed by atoms with Gasteiger partial charge in [-0.05, 0) is 40.3 Å². The van der Waals surface area contributed by atoms with E-state index in [-0.39, 0.29) is 12.2 Å². The van der Waals surface area contributed by atoms with Crippen LogP contribution in [-0.2, 0) is 4.79 Å². The van der Waals surface area contributed by atoms with Gasteiger partial charge >= 0.3 is 0 Å². The van der Waals surface area contributed by atoms with E-state index in [4.69, 9.17) is 0 Å². The van der Waals surface area contributed by atoms with Crippen molar-refractivity contribution in [2.24, 2.45) is 0 Å². The van der Waals surface area contributed by atoms with Crippen LogP contribution in [0.25, 0.3) is 0 Å². The second-order valence-corrected chi connectivity index (χ2v) is 4.84. The number of Topliss-reactive ketones (excluding diaryl/α,β-unsaturated/α-hetero) is 1. The Morgan fingerprint density at radius 2 is 2.00 bits per heavy atom. The highest BCUT2D eigenvalue weighted by atomic mass is 16.3. The van der Waals surface area contributed by atoms with E-state index < -0.39 is 11.8 Å². The lowest BCUT2D eigenvalue weighted by Gasteiger charge is -2.40. The second-order valence-electron chi connectivity index (χ2n) is 4.84. The summed E-state index contributed by atoms with van der Waals surface area (Å²) in [6.07, 6.45) is 2.31. The highest BCUT2D eigenvalue weighted by molar-refractivity contribution is 5.98. The van der Waals surface area contributed by atoms with Crippen LogP contribution in [0.3, 0.4) is 0 Å². The predicted octanol–water partition coefficient (Wildman–Crippen LogP) is 0.119. The van der Waals surface area contributed by atoms with Crippen molar-refractivity contribution in [2.75, 3.05) is 21.1 Å². The maximum atomic E-state index is 12.4. The van der Waals surface area contributed by atoms with Crippen LogP contribution >= 0.6 is 0 Å². The zero-order valence-corrected chi connectivity index (χ0v) is 11.8. The molecule has 5 heteroatoms. The fourth-order valence-corrected chi connectivity index (χ4v) is 2.69. The summed E-state index contributed by atoms with van der Waals surface area (Å²) in [7, 11) is 5.54. The molecule has 1 aliphatic carbocycles. The number of carbonyl (C=O) groups is 1. The third-order valence-electron chi connectivity index (χ3n) is 3.62. The monoisotopic (exact) mass is 255 g/mol. The predicted molar refractivity (Wildman–Crippen MR) is 72.1 cm³/mol. The molecule has 0 saturated carbocycles. The first-order valence-corrected chi connectivity index (χ1v) is 6.51. The minimum absolute atomic E-state index is 0.00208. The zero-order chi connectivity index (χ0) is 13.8. The van der Waals surface area contributed by atoms with E-state index in [0.717, 1.165) is 30.5 Å². The molecule has 0 heterocycles. The summed E-state index contributed by atoms with van der Waals surface area (Å²) >= 11 is 0. The number of hydrogen-bond acceptors (Lipinski definition) is 5. The van der Waals surface area contributed by atoms with Crippen molar-refractivity contribution in [1.29, 1.82) is 0 Å². The summed E-state index contributed by atoms with van der Waals surface area (Å²) in [6, 6.07) is 0. The average Bonchev–Trinajstić information content (AvgIpc) is 2.36. The Bertz CT molecular complexity index is 333. The highest BCUT2D eigenvalue weighted by Gasteiger charge is 2.39. The van der Waals surface area contributed by atoms with Crippen molar-refractivity contribution in [3.63, 3.8) is 0 Å². The first-order chi connectivity index (χ1) is 8.50. The minimum atomic E-state index is -0.614. The van der Waals surface area contributed by atoms with Crippen LogP contribution in [0.1, 0.15) is 32.6 Å². The molecule has 0 spiro atoms. The SMILES string of the molecule is CNC1=C(C(=O)CC(C)O)C(NC)(NC)CCC1. The van der Waals surface area contributed by atoms with Gasteiger partial charge in [-0.25, -0.2) is 0 Å². The molecule has 5 nitrogen and oxygen atoms in total. The number of aliphatic hydroxyl groups is 1. The van der Waals surface area contributed by atoms with Crippen LogP contribution in [0, 0.1) is 0 Å². The summed E-state index contributed by atoms with van der Waals surface area (Å²) in [6.45, 7) is 1.64. The van der Waals surface area contributed by atoms with E-state index in [1.165, 1.54) is 0 Å². The van der Waals surface area contributed by atoms with Crippen LogP contribution in [0.5, 0.6) is 0 Å². The lowest BCUT2D eigenvalue weighted by atomic mass is 9.81. The normalized spacial score (nSPS) is 20.7. The van der Waals surface area contributed by atoms with Gasteiger partial charge in [0, 0.05) is 24.7 Å². The molecule has 0 aromatic heterocycles. The molecule has 1 unspecified atom stereocenters. The summed E-state index contributed by atoms with van der Waals surface area (Å²) in [4.78, 5) is 12.4. The molecule has 0 bridgehead atoms. The highest BCUT2D eigenvalue weighted by Crippen LogP contribution is 2.31. The number of aliphatic hydroxyl groups excluding tert-OH is 1. The Morgan fingerprint density at radius 3 is 2.44 bits per heavy atom. The van der Waals surface area contributed by atoms with Crippen molar-refractivity contribution < 1.29 is 9.90 Å². The Morgan fingerprint density at radius 1 is 1.39 bits per heavy atom. The Labute approximate surface area is 109 Å². The molecule has 0 aromatic rings. The Kier molecular flexibility index (Phi) is 5.31. The lowest BCUT2D eigenvalue weighted by molar-refractivity contribution is -0.118. The van der Waals surface area contributed by atoms with Gasteiger partial charge in [0.05, 0.1) is 11.8 Å². The van der Waals surface area contributed by atoms with Gasteiger partial charge in [-0.1, -0.05) is 0 Å². The molecule has 0 saturated heterocycles. The molecule has 0 fully saturated rings. The number of rotatable bonds is 6. The van der Waals surface area contributed by atoms with Gasteiger partial charge < -0.3 is 10.4 Å². The van der Waals surface area contributed by atoms with Crippen molar-refractivity contribution in [3.8, 4) is 0 Å². The van der Waals surface area contributed by atoms with Crippen LogP contribution in [0.4, 0.5) is 0 Å². The third kappa shape index (κ3) is 2.91. The zero-order valence-electron chi connectivity index (χ0n) is 11.8.